The Morgan fingerprint density at radius 3 is 2.50 bits per heavy atom. The van der Waals surface area contributed by atoms with Gasteiger partial charge in [-0.15, -0.1) is 0 Å². The van der Waals surface area contributed by atoms with Gasteiger partial charge in [-0.05, 0) is 52.7 Å². The summed E-state index contributed by atoms with van der Waals surface area (Å²) in [5.74, 6) is -0.663. The Labute approximate surface area is 127 Å². The van der Waals surface area contributed by atoms with Crippen LogP contribution in [0.2, 0.25) is 0 Å². The van der Waals surface area contributed by atoms with E-state index >= 15 is 0 Å². The molecule has 1 fully saturated rings. The molecule has 1 aliphatic carbocycles. The van der Waals surface area contributed by atoms with Crippen molar-refractivity contribution >= 4 is 15.9 Å². The van der Waals surface area contributed by atoms with Gasteiger partial charge in [-0.3, -0.25) is 0 Å². The molecule has 0 saturated heterocycles. The van der Waals surface area contributed by atoms with Crippen LogP contribution in [-0.2, 0) is 0 Å². The van der Waals surface area contributed by atoms with Gasteiger partial charge < -0.3 is 5.11 Å². The Balaban J connectivity index is 2.09. The van der Waals surface area contributed by atoms with Gasteiger partial charge in [0, 0.05) is 0 Å². The summed E-state index contributed by atoms with van der Waals surface area (Å²) in [6.45, 7) is 2.17. The summed E-state index contributed by atoms with van der Waals surface area (Å²) in [6, 6.07) is 2.54. The molecule has 0 radical (unpaired) electrons. The second-order valence-corrected chi connectivity index (χ2v) is 6.63. The van der Waals surface area contributed by atoms with E-state index in [4.69, 9.17) is 0 Å². The van der Waals surface area contributed by atoms with E-state index in [-0.39, 0.29) is 16.0 Å². The van der Waals surface area contributed by atoms with Crippen molar-refractivity contribution in [2.24, 2.45) is 11.8 Å². The number of aliphatic hydroxyl groups excluding tert-OH is 1. The molecule has 2 rings (SSSR count). The lowest BCUT2D eigenvalue weighted by Gasteiger charge is -2.31. The molecule has 1 aliphatic rings. The summed E-state index contributed by atoms with van der Waals surface area (Å²) >= 11 is 3.05. The number of benzene rings is 1. The maximum Gasteiger partial charge on any atom is 0.146 e. The third kappa shape index (κ3) is 3.40. The fourth-order valence-electron chi connectivity index (χ4n) is 3.25. The van der Waals surface area contributed by atoms with E-state index in [2.05, 4.69) is 22.9 Å². The molecule has 20 heavy (non-hydrogen) atoms. The lowest BCUT2D eigenvalue weighted by molar-refractivity contribution is 0.0662. The van der Waals surface area contributed by atoms with Crippen molar-refractivity contribution in [3.8, 4) is 0 Å². The minimum Gasteiger partial charge on any atom is -0.388 e. The molecule has 0 bridgehead atoms. The van der Waals surface area contributed by atoms with Gasteiger partial charge in [0.05, 0.1) is 16.1 Å². The molecule has 0 aromatic heterocycles. The molecule has 1 atom stereocenters. The zero-order valence-electron chi connectivity index (χ0n) is 11.7. The molecular formula is C16H21BrF2O. The maximum atomic E-state index is 14.0. The highest BCUT2D eigenvalue weighted by molar-refractivity contribution is 9.10. The average Bonchev–Trinajstić information content (AvgIpc) is 2.44. The molecule has 1 aromatic carbocycles. The summed E-state index contributed by atoms with van der Waals surface area (Å²) in [4.78, 5) is 0. The van der Waals surface area contributed by atoms with Crippen molar-refractivity contribution in [2.45, 2.75) is 51.6 Å². The maximum absolute atomic E-state index is 14.0. The number of halogens is 3. The molecule has 1 saturated carbocycles. The second-order valence-electron chi connectivity index (χ2n) is 5.77. The second kappa shape index (κ2) is 6.99. The van der Waals surface area contributed by atoms with E-state index in [0.717, 1.165) is 25.7 Å². The first-order valence-electron chi connectivity index (χ1n) is 7.36. The minimum absolute atomic E-state index is 0.0404. The van der Waals surface area contributed by atoms with Crippen molar-refractivity contribution in [1.82, 2.24) is 0 Å². The van der Waals surface area contributed by atoms with Crippen LogP contribution < -0.4 is 0 Å². The zero-order chi connectivity index (χ0) is 14.7. The van der Waals surface area contributed by atoms with Gasteiger partial charge in [0.15, 0.2) is 0 Å². The molecule has 1 unspecified atom stereocenters. The zero-order valence-corrected chi connectivity index (χ0v) is 13.3. The molecule has 4 heteroatoms. The average molecular weight is 347 g/mol. The Hall–Kier alpha value is -0.480. The molecule has 0 aliphatic heterocycles. The third-order valence-electron chi connectivity index (χ3n) is 4.41. The van der Waals surface area contributed by atoms with Crippen molar-refractivity contribution < 1.29 is 13.9 Å². The smallest absolute Gasteiger partial charge is 0.146 e. The van der Waals surface area contributed by atoms with E-state index in [1.165, 1.54) is 25.0 Å². The van der Waals surface area contributed by atoms with E-state index in [0.29, 0.717) is 5.92 Å². The van der Waals surface area contributed by atoms with Gasteiger partial charge >= 0.3 is 0 Å². The summed E-state index contributed by atoms with van der Waals surface area (Å²) < 4.78 is 28.0. The van der Waals surface area contributed by atoms with Crippen LogP contribution in [0, 0.1) is 23.5 Å². The lowest BCUT2D eigenvalue weighted by atomic mass is 9.76. The molecular weight excluding hydrogens is 326 g/mol. The summed E-state index contributed by atoms with van der Waals surface area (Å²) in [6.07, 6.45) is 5.12. The van der Waals surface area contributed by atoms with E-state index in [1.54, 1.807) is 0 Å². The van der Waals surface area contributed by atoms with Gasteiger partial charge in [-0.25, -0.2) is 8.78 Å². The van der Waals surface area contributed by atoms with Crippen molar-refractivity contribution in [1.29, 1.82) is 0 Å². The van der Waals surface area contributed by atoms with E-state index in [9.17, 15) is 13.9 Å². The van der Waals surface area contributed by atoms with Crippen LogP contribution in [-0.4, -0.2) is 5.11 Å². The number of hydrogen-bond acceptors (Lipinski definition) is 1. The Bertz CT molecular complexity index is 456. The van der Waals surface area contributed by atoms with Gasteiger partial charge in [0.1, 0.15) is 11.6 Å². The van der Waals surface area contributed by atoms with Crippen molar-refractivity contribution in [3.63, 3.8) is 0 Å². The monoisotopic (exact) mass is 346 g/mol. The third-order valence-corrected chi connectivity index (χ3v) is 5.02. The van der Waals surface area contributed by atoms with Crippen LogP contribution >= 0.6 is 15.9 Å². The first-order chi connectivity index (χ1) is 9.54. The van der Waals surface area contributed by atoms with Gasteiger partial charge in [-0.1, -0.05) is 32.6 Å². The fourth-order valence-corrected chi connectivity index (χ4v) is 3.60. The van der Waals surface area contributed by atoms with Crippen LogP contribution in [0.25, 0.3) is 0 Å². The van der Waals surface area contributed by atoms with E-state index in [1.807, 2.05) is 0 Å². The molecule has 112 valence electrons. The largest absolute Gasteiger partial charge is 0.388 e. The van der Waals surface area contributed by atoms with Crippen LogP contribution in [0.1, 0.15) is 57.1 Å². The number of hydrogen-bond donors (Lipinski definition) is 1. The minimum atomic E-state index is -1.05. The predicted molar refractivity (Wildman–Crippen MR) is 79.4 cm³/mol. The lowest BCUT2D eigenvalue weighted by Crippen LogP contribution is -2.22. The number of rotatable bonds is 4. The quantitative estimate of drug-likeness (QED) is 0.727. The highest BCUT2D eigenvalue weighted by Crippen LogP contribution is 2.40. The van der Waals surface area contributed by atoms with Crippen LogP contribution in [0.3, 0.4) is 0 Å². The predicted octanol–water partition coefficient (Wildman–Crippen LogP) is 5.37. The fraction of sp³-hybridized carbons (Fsp3) is 0.625. The van der Waals surface area contributed by atoms with Gasteiger partial charge in [0.25, 0.3) is 0 Å². The highest BCUT2D eigenvalue weighted by Gasteiger charge is 2.31. The molecule has 1 aromatic rings. The first-order valence-corrected chi connectivity index (χ1v) is 8.15. The Morgan fingerprint density at radius 1 is 1.25 bits per heavy atom. The SMILES string of the molecule is CCCC1CCC(C(O)c2c(F)ccc(Br)c2F)CC1. The standard InChI is InChI=1S/C16H21BrF2O/c1-2-3-10-4-6-11(7-5-10)16(20)14-13(18)9-8-12(17)15(14)19/h8-11,16,20H,2-7H2,1H3. The Morgan fingerprint density at radius 2 is 1.90 bits per heavy atom. The molecule has 0 spiro atoms. The highest BCUT2D eigenvalue weighted by atomic mass is 79.9. The Kier molecular flexibility index (Phi) is 5.56. The number of aliphatic hydroxyl groups is 1. The molecule has 1 N–H and O–H groups in total. The van der Waals surface area contributed by atoms with Crippen LogP contribution in [0.5, 0.6) is 0 Å². The van der Waals surface area contributed by atoms with Crippen LogP contribution in [0.4, 0.5) is 8.78 Å². The first kappa shape index (κ1) is 15.9. The van der Waals surface area contributed by atoms with Crippen LogP contribution in [0.15, 0.2) is 16.6 Å². The summed E-state index contributed by atoms with van der Waals surface area (Å²) in [7, 11) is 0. The molecule has 0 heterocycles. The topological polar surface area (TPSA) is 20.2 Å². The summed E-state index contributed by atoms with van der Waals surface area (Å²) in [5.41, 5.74) is -0.182. The van der Waals surface area contributed by atoms with Gasteiger partial charge in [0.2, 0.25) is 0 Å². The normalized spacial score (nSPS) is 24.6. The van der Waals surface area contributed by atoms with Crippen molar-refractivity contribution in [3.05, 3.63) is 33.8 Å². The van der Waals surface area contributed by atoms with E-state index < -0.39 is 17.7 Å². The molecule has 0 amide bonds. The summed E-state index contributed by atoms with van der Waals surface area (Å²) in [5, 5.41) is 10.3. The molecule has 1 nitrogen and oxygen atoms in total. The van der Waals surface area contributed by atoms with Gasteiger partial charge in [-0.2, -0.15) is 0 Å². The van der Waals surface area contributed by atoms with Crippen molar-refractivity contribution in [2.75, 3.05) is 0 Å².